The van der Waals surface area contributed by atoms with E-state index in [4.69, 9.17) is 14.2 Å². The van der Waals surface area contributed by atoms with Gasteiger partial charge in [0, 0.05) is 35.2 Å². The molecule has 8 heteroatoms. The Balaban J connectivity index is 1.60. The van der Waals surface area contributed by atoms with E-state index in [-0.39, 0.29) is 30.8 Å². The van der Waals surface area contributed by atoms with E-state index in [9.17, 15) is 9.59 Å². The lowest BCUT2D eigenvalue weighted by Crippen LogP contribution is -2.47. The van der Waals surface area contributed by atoms with E-state index in [1.165, 1.54) is 6.42 Å². The average molecular weight is 570 g/mol. The van der Waals surface area contributed by atoms with E-state index < -0.39 is 6.04 Å². The van der Waals surface area contributed by atoms with Crippen LogP contribution < -0.4 is 19.5 Å². The number of methoxy groups -OCH3 is 3. The van der Waals surface area contributed by atoms with Crippen molar-refractivity contribution in [1.29, 1.82) is 0 Å². The monoisotopic (exact) mass is 569 g/mol. The molecule has 220 valence electrons. The number of aromatic nitrogens is 1. The van der Waals surface area contributed by atoms with Gasteiger partial charge in [-0.25, -0.2) is 0 Å². The summed E-state index contributed by atoms with van der Waals surface area (Å²) in [5, 5.41) is 4.26. The Morgan fingerprint density at radius 3 is 2.48 bits per heavy atom. The fourth-order valence-corrected chi connectivity index (χ4v) is 5.94. The van der Waals surface area contributed by atoms with Gasteiger partial charge in [-0.15, -0.1) is 0 Å². The highest BCUT2D eigenvalue weighted by Crippen LogP contribution is 2.38. The highest BCUT2D eigenvalue weighted by Gasteiger charge is 2.36. The summed E-state index contributed by atoms with van der Waals surface area (Å²) < 4.78 is 16.9. The van der Waals surface area contributed by atoms with Gasteiger partial charge in [-0.3, -0.25) is 9.59 Å². The molecule has 0 spiro atoms. The van der Waals surface area contributed by atoms with Crippen LogP contribution in [0.15, 0.2) is 72.9 Å². The summed E-state index contributed by atoms with van der Waals surface area (Å²) in [6.07, 6.45) is 7.16. The summed E-state index contributed by atoms with van der Waals surface area (Å²) in [5.74, 6) is 1.19. The van der Waals surface area contributed by atoms with Crippen molar-refractivity contribution in [3.63, 3.8) is 0 Å². The summed E-state index contributed by atoms with van der Waals surface area (Å²) in [5.41, 5.74) is 3.25. The molecule has 1 aliphatic carbocycles. The molecule has 1 atom stereocenters. The molecular weight excluding hydrogens is 530 g/mol. The number of carbonyl (C=O) groups excluding carboxylic acids is 2. The predicted molar refractivity (Wildman–Crippen MR) is 163 cm³/mol. The SMILES string of the molecule is COc1cccc(CN(C(=O)Cc2c[nH]c3ccccc23)[C@@H](C(=O)NC2CCCCC2)c2cccc(OC)c2OC)c1. The number of amides is 2. The Bertz CT molecular complexity index is 1520. The van der Waals surface area contributed by atoms with Crippen LogP contribution in [0.2, 0.25) is 0 Å². The molecule has 1 fully saturated rings. The number of ether oxygens (including phenoxy) is 3. The molecule has 4 aromatic rings. The number of fused-ring (bicyclic) bond motifs is 1. The van der Waals surface area contributed by atoms with Crippen molar-refractivity contribution in [2.45, 2.75) is 57.2 Å². The Kier molecular flexibility index (Phi) is 9.31. The van der Waals surface area contributed by atoms with Crippen LogP contribution in [0.25, 0.3) is 10.9 Å². The van der Waals surface area contributed by atoms with E-state index in [0.29, 0.717) is 22.8 Å². The number of carbonyl (C=O) groups is 2. The van der Waals surface area contributed by atoms with Crippen molar-refractivity contribution in [3.05, 3.63) is 89.6 Å². The highest BCUT2D eigenvalue weighted by molar-refractivity contribution is 5.93. The van der Waals surface area contributed by atoms with Crippen LogP contribution in [0.4, 0.5) is 0 Å². The molecule has 5 rings (SSSR count). The maximum atomic E-state index is 14.4. The lowest BCUT2D eigenvalue weighted by atomic mass is 9.94. The quantitative estimate of drug-likeness (QED) is 0.233. The van der Waals surface area contributed by atoms with Gasteiger partial charge >= 0.3 is 0 Å². The normalized spacial score (nSPS) is 14.3. The van der Waals surface area contributed by atoms with Gasteiger partial charge in [-0.1, -0.05) is 61.7 Å². The molecule has 1 aliphatic rings. The van der Waals surface area contributed by atoms with Gasteiger partial charge in [-0.05, 0) is 48.2 Å². The van der Waals surface area contributed by atoms with Crippen LogP contribution in [0.5, 0.6) is 17.2 Å². The summed E-state index contributed by atoms with van der Waals surface area (Å²) in [7, 11) is 4.73. The second-order valence-corrected chi connectivity index (χ2v) is 10.7. The first-order chi connectivity index (χ1) is 20.5. The molecule has 0 bridgehead atoms. The lowest BCUT2D eigenvalue weighted by Gasteiger charge is -2.34. The van der Waals surface area contributed by atoms with Crippen LogP contribution in [-0.4, -0.2) is 49.1 Å². The van der Waals surface area contributed by atoms with Crippen LogP contribution in [-0.2, 0) is 22.6 Å². The summed E-state index contributed by atoms with van der Waals surface area (Å²) >= 11 is 0. The fraction of sp³-hybridized carbons (Fsp3) is 0.353. The molecule has 1 aromatic heterocycles. The van der Waals surface area contributed by atoms with Gasteiger partial charge in [0.2, 0.25) is 11.8 Å². The molecule has 0 unspecified atom stereocenters. The van der Waals surface area contributed by atoms with Crippen molar-refractivity contribution >= 4 is 22.7 Å². The molecule has 2 N–H and O–H groups in total. The zero-order valence-electron chi connectivity index (χ0n) is 24.5. The topological polar surface area (TPSA) is 92.9 Å². The predicted octanol–water partition coefficient (Wildman–Crippen LogP) is 5.96. The van der Waals surface area contributed by atoms with Crippen molar-refractivity contribution in [2.24, 2.45) is 0 Å². The zero-order valence-corrected chi connectivity index (χ0v) is 24.5. The molecule has 0 aliphatic heterocycles. The first kappa shape index (κ1) is 29.0. The van der Waals surface area contributed by atoms with E-state index in [2.05, 4.69) is 10.3 Å². The van der Waals surface area contributed by atoms with Crippen LogP contribution >= 0.6 is 0 Å². The third kappa shape index (κ3) is 6.38. The third-order valence-electron chi connectivity index (χ3n) is 8.06. The molecule has 8 nitrogen and oxygen atoms in total. The fourth-order valence-electron chi connectivity index (χ4n) is 5.94. The summed E-state index contributed by atoms with van der Waals surface area (Å²) in [6.45, 7) is 0.196. The van der Waals surface area contributed by atoms with Crippen LogP contribution in [0.3, 0.4) is 0 Å². The van der Waals surface area contributed by atoms with Crippen molar-refractivity contribution in [1.82, 2.24) is 15.2 Å². The number of rotatable bonds is 11. The summed E-state index contributed by atoms with van der Waals surface area (Å²) in [6, 6.07) is 20.0. The number of aromatic amines is 1. The number of para-hydroxylation sites is 2. The Morgan fingerprint density at radius 2 is 1.71 bits per heavy atom. The van der Waals surface area contributed by atoms with Crippen molar-refractivity contribution in [2.75, 3.05) is 21.3 Å². The minimum atomic E-state index is -0.958. The van der Waals surface area contributed by atoms with Crippen molar-refractivity contribution < 1.29 is 23.8 Å². The average Bonchev–Trinajstić information content (AvgIpc) is 3.43. The maximum Gasteiger partial charge on any atom is 0.247 e. The van der Waals surface area contributed by atoms with E-state index >= 15 is 0 Å². The number of nitrogens with one attached hydrogen (secondary N) is 2. The van der Waals surface area contributed by atoms with Gasteiger partial charge in [0.05, 0.1) is 27.8 Å². The third-order valence-corrected chi connectivity index (χ3v) is 8.06. The molecule has 0 saturated heterocycles. The number of H-pyrrole nitrogens is 1. The molecular formula is C34H39N3O5. The highest BCUT2D eigenvalue weighted by atomic mass is 16.5. The maximum absolute atomic E-state index is 14.4. The standard InChI is InChI=1S/C34H39N3O5/c1-40-26-14-9-11-23(19-26)22-37(31(38)20-24-21-35-29-17-8-7-15-27(24)29)32(34(39)36-25-12-5-4-6-13-25)28-16-10-18-30(41-2)33(28)42-3/h7-11,14-19,21,25,32,35H,4-6,12-13,20,22H2,1-3H3,(H,36,39)/t32-/m1/s1. The van der Waals surface area contributed by atoms with E-state index in [1.54, 1.807) is 32.3 Å². The lowest BCUT2D eigenvalue weighted by molar-refractivity contribution is -0.141. The number of nitrogens with zero attached hydrogens (tertiary/aromatic N) is 1. The van der Waals surface area contributed by atoms with Gasteiger partial charge in [0.1, 0.15) is 11.8 Å². The molecule has 42 heavy (non-hydrogen) atoms. The van der Waals surface area contributed by atoms with Crippen LogP contribution in [0, 0.1) is 0 Å². The Hall–Kier alpha value is -4.46. The zero-order chi connectivity index (χ0) is 29.5. The minimum Gasteiger partial charge on any atom is -0.497 e. The molecule has 0 radical (unpaired) electrons. The second kappa shape index (κ2) is 13.5. The van der Waals surface area contributed by atoms with Gasteiger partial charge in [0.15, 0.2) is 11.5 Å². The molecule has 1 saturated carbocycles. The minimum absolute atomic E-state index is 0.0627. The smallest absolute Gasteiger partial charge is 0.247 e. The second-order valence-electron chi connectivity index (χ2n) is 10.7. The van der Waals surface area contributed by atoms with E-state index in [0.717, 1.165) is 47.7 Å². The van der Waals surface area contributed by atoms with Gasteiger partial charge < -0.3 is 29.4 Å². The largest absolute Gasteiger partial charge is 0.497 e. The molecule has 1 heterocycles. The summed E-state index contributed by atoms with van der Waals surface area (Å²) in [4.78, 5) is 33.7. The first-order valence-electron chi connectivity index (χ1n) is 14.5. The number of hydrogen-bond donors (Lipinski definition) is 2. The van der Waals surface area contributed by atoms with E-state index in [1.807, 2.05) is 66.9 Å². The first-order valence-corrected chi connectivity index (χ1v) is 14.5. The van der Waals surface area contributed by atoms with Gasteiger partial charge in [-0.2, -0.15) is 0 Å². The Morgan fingerprint density at radius 1 is 0.929 bits per heavy atom. The molecule has 3 aromatic carbocycles. The number of hydrogen-bond acceptors (Lipinski definition) is 5. The van der Waals surface area contributed by atoms with Crippen LogP contribution in [0.1, 0.15) is 54.8 Å². The Labute approximate surface area is 247 Å². The van der Waals surface area contributed by atoms with Gasteiger partial charge in [0.25, 0.3) is 0 Å². The molecule has 2 amide bonds. The van der Waals surface area contributed by atoms with Crippen molar-refractivity contribution in [3.8, 4) is 17.2 Å². The number of benzene rings is 3.